The molecule has 0 amide bonds. The van der Waals surface area contributed by atoms with Crippen LogP contribution in [0.5, 0.6) is 17.2 Å². The summed E-state index contributed by atoms with van der Waals surface area (Å²) in [5, 5.41) is 14.8. The van der Waals surface area contributed by atoms with Gasteiger partial charge in [-0.3, -0.25) is 9.80 Å². The maximum Gasteiger partial charge on any atom is 0.414 e. The summed E-state index contributed by atoms with van der Waals surface area (Å²) >= 11 is 0. The first kappa shape index (κ1) is 22.4. The van der Waals surface area contributed by atoms with Gasteiger partial charge in [0, 0.05) is 39.3 Å². The minimum atomic E-state index is -1.82. The molecule has 9 heteroatoms. The Morgan fingerprint density at radius 1 is 0.871 bits per heavy atom. The van der Waals surface area contributed by atoms with E-state index in [2.05, 4.69) is 40.1 Å². The van der Waals surface area contributed by atoms with E-state index in [4.69, 9.17) is 34.0 Å². The lowest BCUT2D eigenvalue weighted by Crippen LogP contribution is -2.45. The summed E-state index contributed by atoms with van der Waals surface area (Å²) in [6.07, 6.45) is 0. The summed E-state index contributed by atoms with van der Waals surface area (Å²) in [5.74, 6) is -0.995. The molecule has 1 fully saturated rings. The van der Waals surface area contributed by atoms with Gasteiger partial charge in [-0.15, -0.1) is 0 Å². The van der Waals surface area contributed by atoms with Crippen LogP contribution < -0.4 is 14.2 Å². The predicted molar refractivity (Wildman–Crippen MR) is 111 cm³/mol. The van der Waals surface area contributed by atoms with Crippen LogP contribution in [0.1, 0.15) is 11.1 Å². The number of piperazine rings is 1. The largest absolute Gasteiger partial charge is 0.497 e. The first-order chi connectivity index (χ1) is 14.9. The minimum Gasteiger partial charge on any atom is -0.497 e. The second kappa shape index (κ2) is 10.6. The molecule has 2 aliphatic heterocycles. The van der Waals surface area contributed by atoms with Crippen LogP contribution in [-0.2, 0) is 22.7 Å². The lowest BCUT2D eigenvalue weighted by atomic mass is 10.1. The van der Waals surface area contributed by atoms with Gasteiger partial charge in [0.25, 0.3) is 0 Å². The fourth-order valence-corrected chi connectivity index (χ4v) is 3.43. The summed E-state index contributed by atoms with van der Waals surface area (Å²) in [5.41, 5.74) is 2.59. The van der Waals surface area contributed by atoms with Gasteiger partial charge in [-0.25, -0.2) is 9.59 Å². The Morgan fingerprint density at radius 2 is 1.45 bits per heavy atom. The van der Waals surface area contributed by atoms with Gasteiger partial charge in [-0.05, 0) is 35.4 Å². The smallest absolute Gasteiger partial charge is 0.414 e. The SMILES string of the molecule is COc1cccc(CN2CCN(Cc3ccc4c(c3)OCO4)CC2)c1.O=C(O)C(=O)O. The molecule has 2 N–H and O–H groups in total. The third-order valence-corrected chi connectivity index (χ3v) is 5.03. The van der Waals surface area contributed by atoms with E-state index in [-0.39, 0.29) is 0 Å². The average molecular weight is 430 g/mol. The number of rotatable bonds is 5. The van der Waals surface area contributed by atoms with Gasteiger partial charge in [0.1, 0.15) is 5.75 Å². The zero-order valence-electron chi connectivity index (χ0n) is 17.3. The van der Waals surface area contributed by atoms with Gasteiger partial charge in [0.2, 0.25) is 6.79 Å². The van der Waals surface area contributed by atoms with Gasteiger partial charge in [-0.1, -0.05) is 18.2 Å². The molecule has 2 aromatic rings. The van der Waals surface area contributed by atoms with Crippen LogP contribution in [0, 0.1) is 0 Å². The summed E-state index contributed by atoms with van der Waals surface area (Å²) in [6, 6.07) is 14.6. The zero-order valence-corrected chi connectivity index (χ0v) is 17.3. The first-order valence-electron chi connectivity index (χ1n) is 9.87. The third kappa shape index (κ3) is 6.59. The second-order valence-corrected chi connectivity index (χ2v) is 7.20. The molecule has 0 saturated carbocycles. The molecule has 4 rings (SSSR count). The summed E-state index contributed by atoms with van der Waals surface area (Å²) in [7, 11) is 1.72. The topological polar surface area (TPSA) is 109 Å². The monoisotopic (exact) mass is 430 g/mol. The van der Waals surface area contributed by atoms with E-state index in [1.165, 1.54) is 11.1 Å². The molecule has 0 aromatic heterocycles. The van der Waals surface area contributed by atoms with Crippen molar-refractivity contribution in [3.05, 3.63) is 53.6 Å². The lowest BCUT2D eigenvalue weighted by molar-refractivity contribution is -0.159. The first-order valence-corrected chi connectivity index (χ1v) is 9.87. The molecule has 0 bridgehead atoms. The third-order valence-electron chi connectivity index (χ3n) is 5.03. The molecule has 166 valence electrons. The molecular formula is C22H26N2O7. The van der Waals surface area contributed by atoms with Crippen LogP contribution >= 0.6 is 0 Å². The van der Waals surface area contributed by atoms with E-state index in [9.17, 15) is 0 Å². The van der Waals surface area contributed by atoms with Gasteiger partial charge in [0.05, 0.1) is 7.11 Å². The number of hydrogen-bond donors (Lipinski definition) is 2. The highest BCUT2D eigenvalue weighted by atomic mass is 16.7. The van der Waals surface area contributed by atoms with Crippen molar-refractivity contribution in [1.82, 2.24) is 9.80 Å². The Morgan fingerprint density at radius 3 is 2.03 bits per heavy atom. The van der Waals surface area contributed by atoms with Crippen LogP contribution in [0.3, 0.4) is 0 Å². The maximum atomic E-state index is 9.10. The minimum absolute atomic E-state index is 0.335. The van der Waals surface area contributed by atoms with Crippen LogP contribution in [-0.4, -0.2) is 72.0 Å². The number of carboxylic acids is 2. The summed E-state index contributed by atoms with van der Waals surface area (Å²) < 4.78 is 16.2. The Balaban J connectivity index is 0.000000401. The van der Waals surface area contributed by atoms with E-state index >= 15 is 0 Å². The number of benzene rings is 2. The number of methoxy groups -OCH3 is 1. The fourth-order valence-electron chi connectivity index (χ4n) is 3.43. The van der Waals surface area contributed by atoms with Gasteiger partial charge in [-0.2, -0.15) is 0 Å². The Hall–Kier alpha value is -3.30. The molecular weight excluding hydrogens is 404 g/mol. The molecule has 2 aliphatic rings. The van der Waals surface area contributed by atoms with Crippen molar-refractivity contribution in [3.63, 3.8) is 0 Å². The van der Waals surface area contributed by atoms with Crippen molar-refractivity contribution in [3.8, 4) is 17.2 Å². The van der Waals surface area contributed by atoms with Crippen molar-refractivity contribution in [1.29, 1.82) is 0 Å². The van der Waals surface area contributed by atoms with Crippen LogP contribution in [0.2, 0.25) is 0 Å². The van der Waals surface area contributed by atoms with E-state index in [0.717, 1.165) is 56.5 Å². The maximum absolute atomic E-state index is 9.10. The normalized spacial score (nSPS) is 15.6. The zero-order chi connectivity index (χ0) is 22.2. The Labute approximate surface area is 180 Å². The number of ether oxygens (including phenoxy) is 3. The molecule has 9 nitrogen and oxygen atoms in total. The standard InChI is InChI=1S/C20H24N2O3.C2H2O4/c1-23-18-4-2-3-16(11-18)13-21-7-9-22(10-8-21)14-17-5-6-19-20(12-17)25-15-24-19;3-1(4)2(5)6/h2-6,11-12H,7-10,13-15H2,1H3;(H,3,4)(H,5,6). The molecule has 2 aromatic carbocycles. The highest BCUT2D eigenvalue weighted by Crippen LogP contribution is 2.32. The number of carboxylic acid groups (broad SMARTS) is 2. The number of hydrogen-bond acceptors (Lipinski definition) is 7. The van der Waals surface area contributed by atoms with E-state index in [1.807, 2.05) is 12.1 Å². The number of carbonyl (C=O) groups is 2. The second-order valence-electron chi connectivity index (χ2n) is 7.20. The predicted octanol–water partition coefficient (Wildman–Crippen LogP) is 1.90. The van der Waals surface area contributed by atoms with Gasteiger partial charge < -0.3 is 24.4 Å². The van der Waals surface area contributed by atoms with Gasteiger partial charge >= 0.3 is 11.9 Å². The molecule has 31 heavy (non-hydrogen) atoms. The molecule has 0 atom stereocenters. The highest BCUT2D eigenvalue weighted by molar-refractivity contribution is 6.27. The van der Waals surface area contributed by atoms with Gasteiger partial charge in [0.15, 0.2) is 11.5 Å². The Bertz CT molecular complexity index is 898. The van der Waals surface area contributed by atoms with Crippen LogP contribution in [0.15, 0.2) is 42.5 Å². The molecule has 0 aliphatic carbocycles. The van der Waals surface area contributed by atoms with Crippen LogP contribution in [0.25, 0.3) is 0 Å². The molecule has 0 radical (unpaired) electrons. The van der Waals surface area contributed by atoms with Crippen molar-refractivity contribution >= 4 is 11.9 Å². The highest BCUT2D eigenvalue weighted by Gasteiger charge is 2.19. The van der Waals surface area contributed by atoms with Crippen molar-refractivity contribution in [2.45, 2.75) is 13.1 Å². The molecule has 0 unspecified atom stereocenters. The number of aliphatic carboxylic acids is 2. The molecule has 2 heterocycles. The summed E-state index contributed by atoms with van der Waals surface area (Å²) in [4.78, 5) is 23.2. The summed E-state index contributed by atoms with van der Waals surface area (Å²) in [6.45, 7) is 6.61. The Kier molecular flexibility index (Phi) is 7.69. The van der Waals surface area contributed by atoms with E-state index in [1.54, 1.807) is 7.11 Å². The number of nitrogens with zero attached hydrogens (tertiary/aromatic N) is 2. The molecule has 0 spiro atoms. The van der Waals surface area contributed by atoms with Crippen LogP contribution in [0.4, 0.5) is 0 Å². The fraction of sp³-hybridized carbons (Fsp3) is 0.364. The van der Waals surface area contributed by atoms with E-state index < -0.39 is 11.9 Å². The van der Waals surface area contributed by atoms with Crippen molar-refractivity contribution in [2.24, 2.45) is 0 Å². The average Bonchev–Trinajstić information content (AvgIpc) is 3.23. The quantitative estimate of drug-likeness (QED) is 0.688. The number of fused-ring (bicyclic) bond motifs is 1. The molecule has 1 saturated heterocycles. The van der Waals surface area contributed by atoms with Crippen molar-refractivity contribution < 1.29 is 34.0 Å². The van der Waals surface area contributed by atoms with E-state index in [0.29, 0.717) is 6.79 Å². The lowest BCUT2D eigenvalue weighted by Gasteiger charge is -2.34. The van der Waals surface area contributed by atoms with Crippen molar-refractivity contribution in [2.75, 3.05) is 40.1 Å².